The van der Waals surface area contributed by atoms with E-state index in [0.29, 0.717) is 13.0 Å². The Morgan fingerprint density at radius 3 is 2.79 bits per heavy atom. The van der Waals surface area contributed by atoms with Crippen LogP contribution in [0.3, 0.4) is 0 Å². The number of carbonyl (C=O) groups is 1. The fourth-order valence-corrected chi connectivity index (χ4v) is 2.06. The number of amides is 1. The second-order valence-corrected chi connectivity index (χ2v) is 4.33. The highest BCUT2D eigenvalue weighted by molar-refractivity contribution is 7.81. The zero-order chi connectivity index (χ0) is 10.7. The molecular formula is C9H18N2O2S. The molecule has 0 radical (unpaired) electrons. The van der Waals surface area contributed by atoms with Gasteiger partial charge in [0.05, 0.1) is 11.9 Å². The molecule has 0 aromatic rings. The molecule has 0 saturated carbocycles. The number of β-amino-alcohol motifs (C(OH)–C–C–N with tert-alkyl or cyclic N) is 1. The zero-order valence-electron chi connectivity index (χ0n) is 8.68. The minimum Gasteiger partial charge on any atom is -0.391 e. The third-order valence-corrected chi connectivity index (χ3v) is 2.69. The zero-order valence-corrected chi connectivity index (χ0v) is 9.57. The first-order valence-electron chi connectivity index (χ1n) is 4.77. The van der Waals surface area contributed by atoms with Gasteiger partial charge in [-0.15, -0.1) is 0 Å². The Labute approximate surface area is 90.3 Å². The lowest BCUT2D eigenvalue weighted by Crippen LogP contribution is -2.42. The number of aliphatic hydroxyl groups is 1. The van der Waals surface area contributed by atoms with Crippen LogP contribution in [-0.4, -0.2) is 65.9 Å². The van der Waals surface area contributed by atoms with Gasteiger partial charge in [0.2, 0.25) is 5.91 Å². The second kappa shape index (κ2) is 5.00. The van der Waals surface area contributed by atoms with Crippen LogP contribution in [0.1, 0.15) is 6.42 Å². The molecule has 2 unspecified atom stereocenters. The lowest BCUT2D eigenvalue weighted by Gasteiger charge is -2.26. The van der Waals surface area contributed by atoms with E-state index in [-0.39, 0.29) is 23.8 Å². The van der Waals surface area contributed by atoms with E-state index in [2.05, 4.69) is 12.6 Å². The molecule has 1 heterocycles. The Hall–Kier alpha value is -0.260. The van der Waals surface area contributed by atoms with Crippen molar-refractivity contribution in [1.82, 2.24) is 9.80 Å². The minimum absolute atomic E-state index is 0.0109. The van der Waals surface area contributed by atoms with Crippen LogP contribution in [-0.2, 0) is 4.79 Å². The van der Waals surface area contributed by atoms with Crippen LogP contribution in [0.5, 0.6) is 0 Å². The first-order valence-corrected chi connectivity index (χ1v) is 5.41. The highest BCUT2D eigenvalue weighted by Gasteiger charge is 2.33. The van der Waals surface area contributed by atoms with Crippen molar-refractivity contribution in [2.75, 3.05) is 32.9 Å². The summed E-state index contributed by atoms with van der Waals surface area (Å²) < 4.78 is 0. The van der Waals surface area contributed by atoms with Crippen LogP contribution in [0.2, 0.25) is 0 Å². The lowest BCUT2D eigenvalue weighted by atomic mass is 10.2. The van der Waals surface area contributed by atoms with Gasteiger partial charge >= 0.3 is 0 Å². The van der Waals surface area contributed by atoms with E-state index in [1.54, 1.807) is 4.90 Å². The van der Waals surface area contributed by atoms with E-state index >= 15 is 0 Å². The normalized spacial score (nSPS) is 27.4. The smallest absolute Gasteiger partial charge is 0.232 e. The number of nitrogens with zero attached hydrogens (tertiary/aromatic N) is 2. The van der Waals surface area contributed by atoms with Gasteiger partial charge in [0.15, 0.2) is 0 Å². The number of likely N-dealkylation sites (tertiary alicyclic amines) is 1. The van der Waals surface area contributed by atoms with Gasteiger partial charge in [-0.1, -0.05) is 0 Å². The third-order valence-electron chi connectivity index (χ3n) is 2.42. The molecule has 4 nitrogen and oxygen atoms in total. The van der Waals surface area contributed by atoms with Gasteiger partial charge in [0.1, 0.15) is 0 Å². The molecule has 0 aromatic heterocycles. The maximum absolute atomic E-state index is 11.5. The number of rotatable bonds is 3. The highest BCUT2D eigenvalue weighted by Crippen LogP contribution is 2.18. The molecule has 0 aliphatic carbocycles. The summed E-state index contributed by atoms with van der Waals surface area (Å²) in [5, 5.41) is 9.49. The topological polar surface area (TPSA) is 43.8 Å². The van der Waals surface area contributed by atoms with Crippen LogP contribution in [0, 0.1) is 0 Å². The molecule has 1 amide bonds. The number of aliphatic hydroxyl groups excluding tert-OH is 1. The molecule has 5 heteroatoms. The van der Waals surface area contributed by atoms with Crippen molar-refractivity contribution in [2.45, 2.75) is 18.6 Å². The number of carbonyl (C=O) groups excluding carboxylic acids is 1. The molecule has 1 rings (SSSR count). The Morgan fingerprint density at radius 1 is 1.64 bits per heavy atom. The summed E-state index contributed by atoms with van der Waals surface area (Å²) in [4.78, 5) is 15.2. The standard InChI is InChI=1S/C9H18N2O2S/c1-10(2)4-7-3-8(12)5-11(7)9(13)6-14/h7-8,12,14H,3-6H2,1-2H3. The summed E-state index contributed by atoms with van der Waals surface area (Å²) in [6.07, 6.45) is 0.307. The lowest BCUT2D eigenvalue weighted by molar-refractivity contribution is -0.129. The molecule has 0 bridgehead atoms. The van der Waals surface area contributed by atoms with Crippen LogP contribution in [0.4, 0.5) is 0 Å². The second-order valence-electron chi connectivity index (χ2n) is 4.01. The average molecular weight is 218 g/mol. The first kappa shape index (κ1) is 11.8. The molecule has 1 fully saturated rings. The molecule has 2 atom stereocenters. The Morgan fingerprint density at radius 2 is 2.29 bits per heavy atom. The predicted octanol–water partition coefficient (Wildman–Crippen LogP) is -0.560. The summed E-state index contributed by atoms with van der Waals surface area (Å²) in [5.41, 5.74) is 0. The average Bonchev–Trinajstić information content (AvgIpc) is 2.44. The van der Waals surface area contributed by atoms with Gasteiger partial charge in [-0.25, -0.2) is 0 Å². The SMILES string of the molecule is CN(C)CC1CC(O)CN1C(=O)CS. The summed E-state index contributed by atoms with van der Waals surface area (Å²) >= 11 is 3.96. The molecule has 82 valence electrons. The van der Waals surface area contributed by atoms with E-state index in [9.17, 15) is 9.90 Å². The van der Waals surface area contributed by atoms with E-state index < -0.39 is 0 Å². The van der Waals surface area contributed by atoms with Crippen LogP contribution in [0.25, 0.3) is 0 Å². The van der Waals surface area contributed by atoms with E-state index in [1.807, 2.05) is 19.0 Å². The minimum atomic E-state index is -0.371. The molecule has 1 saturated heterocycles. The molecule has 1 aliphatic heterocycles. The maximum atomic E-state index is 11.5. The number of hydrogen-bond acceptors (Lipinski definition) is 4. The van der Waals surface area contributed by atoms with Gasteiger partial charge in [0, 0.05) is 19.1 Å². The molecular weight excluding hydrogens is 200 g/mol. The van der Waals surface area contributed by atoms with E-state index in [1.165, 1.54) is 0 Å². The Kier molecular flexibility index (Phi) is 4.22. The highest BCUT2D eigenvalue weighted by atomic mass is 32.1. The van der Waals surface area contributed by atoms with Gasteiger partial charge in [0.25, 0.3) is 0 Å². The molecule has 1 aliphatic rings. The van der Waals surface area contributed by atoms with Gasteiger partial charge < -0.3 is 14.9 Å². The van der Waals surface area contributed by atoms with Crippen LogP contribution >= 0.6 is 12.6 Å². The number of thiol groups is 1. The van der Waals surface area contributed by atoms with Crippen molar-refractivity contribution in [2.24, 2.45) is 0 Å². The largest absolute Gasteiger partial charge is 0.391 e. The van der Waals surface area contributed by atoms with Crippen molar-refractivity contribution in [3.05, 3.63) is 0 Å². The van der Waals surface area contributed by atoms with Gasteiger partial charge in [-0.3, -0.25) is 4.79 Å². The Bertz CT molecular complexity index is 211. The van der Waals surface area contributed by atoms with Crippen LogP contribution in [0.15, 0.2) is 0 Å². The fraction of sp³-hybridized carbons (Fsp3) is 0.889. The third kappa shape index (κ3) is 2.87. The molecule has 0 aromatic carbocycles. The monoisotopic (exact) mass is 218 g/mol. The van der Waals surface area contributed by atoms with E-state index in [0.717, 1.165) is 6.54 Å². The molecule has 0 spiro atoms. The summed E-state index contributed by atoms with van der Waals surface area (Å²) in [7, 11) is 3.93. The van der Waals surface area contributed by atoms with Crippen LogP contribution < -0.4 is 0 Å². The predicted molar refractivity (Wildman–Crippen MR) is 58.5 cm³/mol. The molecule has 1 N–H and O–H groups in total. The van der Waals surface area contributed by atoms with Crippen molar-refractivity contribution >= 4 is 18.5 Å². The van der Waals surface area contributed by atoms with E-state index in [4.69, 9.17) is 0 Å². The number of likely N-dealkylation sites (N-methyl/N-ethyl adjacent to an activating group) is 1. The van der Waals surface area contributed by atoms with Gasteiger partial charge in [-0.05, 0) is 20.5 Å². The fourth-order valence-electron chi connectivity index (χ4n) is 1.88. The van der Waals surface area contributed by atoms with Crippen molar-refractivity contribution in [1.29, 1.82) is 0 Å². The maximum Gasteiger partial charge on any atom is 0.232 e. The van der Waals surface area contributed by atoms with Crippen molar-refractivity contribution in [3.63, 3.8) is 0 Å². The first-order chi connectivity index (χ1) is 6.54. The quantitative estimate of drug-likeness (QED) is 0.624. The summed E-state index contributed by atoms with van der Waals surface area (Å²) in [6, 6.07) is 0.139. The summed E-state index contributed by atoms with van der Waals surface area (Å²) in [5.74, 6) is 0.230. The summed E-state index contributed by atoms with van der Waals surface area (Å²) in [6.45, 7) is 1.26. The van der Waals surface area contributed by atoms with Gasteiger partial charge in [-0.2, -0.15) is 12.6 Å². The molecule has 14 heavy (non-hydrogen) atoms. The van der Waals surface area contributed by atoms with Crippen molar-refractivity contribution < 1.29 is 9.90 Å². The van der Waals surface area contributed by atoms with Crippen molar-refractivity contribution in [3.8, 4) is 0 Å². The number of hydrogen-bond donors (Lipinski definition) is 2. The Balaban J connectivity index is 2.58.